The van der Waals surface area contributed by atoms with E-state index >= 15 is 0 Å². The second-order valence-corrected chi connectivity index (χ2v) is 10.6. The standard InChI is InChI=1S/C30H25ClN4O6/c1-15(36)24(29(39)40)33-27(37)19-10-3-5-12-22(19)35-28(38)23-14-20-18-9-2-4-11-21(18)32-25(20)26(34(23)30(35)41)16-7-6-8-17(31)13-16/h2-13,15,23-24,26,32,36H,14H2,1H3,(H,33,37)(H,39,40)/t15?,23-,24-,26?/m0/s1. The van der Waals surface area contributed by atoms with Gasteiger partial charge in [0.1, 0.15) is 12.1 Å². The number of halogens is 1. The third-order valence-electron chi connectivity index (χ3n) is 7.64. The van der Waals surface area contributed by atoms with Crippen molar-refractivity contribution in [3.8, 4) is 0 Å². The van der Waals surface area contributed by atoms with Gasteiger partial charge in [0, 0.05) is 28.0 Å². The number of carboxylic acids is 1. The molecule has 0 spiro atoms. The molecule has 2 aliphatic heterocycles. The highest BCUT2D eigenvalue weighted by atomic mass is 35.5. The molecular formula is C30H25ClN4O6. The molecule has 6 rings (SSSR count). The summed E-state index contributed by atoms with van der Waals surface area (Å²) in [5, 5.41) is 23.0. The van der Waals surface area contributed by atoms with E-state index in [-0.39, 0.29) is 17.7 Å². The van der Waals surface area contributed by atoms with Crippen molar-refractivity contribution in [2.45, 2.75) is 37.6 Å². The maximum atomic E-state index is 14.2. The van der Waals surface area contributed by atoms with E-state index in [1.54, 1.807) is 30.3 Å². The summed E-state index contributed by atoms with van der Waals surface area (Å²) in [4.78, 5) is 58.9. The molecule has 11 heteroatoms. The van der Waals surface area contributed by atoms with Gasteiger partial charge in [-0.3, -0.25) is 14.5 Å². The second kappa shape index (κ2) is 10.1. The van der Waals surface area contributed by atoms with Gasteiger partial charge >= 0.3 is 12.0 Å². The highest BCUT2D eigenvalue weighted by Gasteiger charge is 2.53. The zero-order valence-electron chi connectivity index (χ0n) is 21.7. The van der Waals surface area contributed by atoms with Gasteiger partial charge in [0.15, 0.2) is 6.04 Å². The Kier molecular flexibility index (Phi) is 6.51. The van der Waals surface area contributed by atoms with Crippen LogP contribution < -0.4 is 10.2 Å². The van der Waals surface area contributed by atoms with Crippen LogP contribution >= 0.6 is 11.6 Å². The number of carboxylic acid groups (broad SMARTS) is 1. The number of nitrogens with one attached hydrogen (secondary N) is 2. The molecule has 3 aromatic carbocycles. The lowest BCUT2D eigenvalue weighted by Gasteiger charge is -2.36. The van der Waals surface area contributed by atoms with Crippen molar-refractivity contribution in [1.82, 2.24) is 15.2 Å². The lowest BCUT2D eigenvalue weighted by molar-refractivity contribution is -0.141. The maximum Gasteiger partial charge on any atom is 0.332 e. The van der Waals surface area contributed by atoms with E-state index in [9.17, 15) is 29.4 Å². The van der Waals surface area contributed by atoms with Crippen LogP contribution in [0.4, 0.5) is 10.5 Å². The van der Waals surface area contributed by atoms with Crippen LogP contribution in [0.1, 0.15) is 40.1 Å². The first-order valence-electron chi connectivity index (χ1n) is 13.0. The fourth-order valence-electron chi connectivity index (χ4n) is 5.79. The fraction of sp³-hybridized carbons (Fsp3) is 0.200. The SMILES string of the molecule is CC(O)[C@H](NC(=O)c1ccccc1N1C(=O)[C@@H]2Cc3c([nH]c4ccccc34)C(c3cccc(Cl)c3)N2C1=O)C(=O)O. The number of carbonyl (C=O) groups is 4. The van der Waals surface area contributed by atoms with E-state index in [0.29, 0.717) is 10.6 Å². The molecule has 0 bridgehead atoms. The predicted molar refractivity (Wildman–Crippen MR) is 151 cm³/mol. The minimum absolute atomic E-state index is 0.0162. The van der Waals surface area contributed by atoms with Crippen molar-refractivity contribution >= 4 is 52.0 Å². The van der Waals surface area contributed by atoms with E-state index in [1.165, 1.54) is 24.0 Å². The van der Waals surface area contributed by atoms with Crippen LogP contribution in [0.2, 0.25) is 5.02 Å². The van der Waals surface area contributed by atoms with E-state index in [1.807, 2.05) is 30.3 Å². The molecule has 0 radical (unpaired) electrons. The smallest absolute Gasteiger partial charge is 0.332 e. The van der Waals surface area contributed by atoms with Gasteiger partial charge in [-0.25, -0.2) is 14.5 Å². The molecule has 4 aromatic rings. The van der Waals surface area contributed by atoms with Gasteiger partial charge in [0.05, 0.1) is 17.4 Å². The number of amides is 4. The zero-order valence-corrected chi connectivity index (χ0v) is 22.5. The number of aliphatic hydroxyl groups excluding tert-OH is 1. The molecule has 1 aromatic heterocycles. The first kappa shape index (κ1) is 26.5. The zero-order chi connectivity index (χ0) is 29.0. The molecule has 10 nitrogen and oxygen atoms in total. The first-order valence-corrected chi connectivity index (χ1v) is 13.4. The van der Waals surface area contributed by atoms with E-state index in [4.69, 9.17) is 11.6 Å². The summed E-state index contributed by atoms with van der Waals surface area (Å²) in [5.74, 6) is -2.78. The molecule has 3 heterocycles. The van der Waals surface area contributed by atoms with Crippen LogP contribution in [-0.4, -0.2) is 62.1 Å². The molecule has 4 atom stereocenters. The topological polar surface area (TPSA) is 143 Å². The van der Waals surface area contributed by atoms with Crippen LogP contribution in [0.3, 0.4) is 0 Å². The van der Waals surface area contributed by atoms with E-state index in [2.05, 4.69) is 10.3 Å². The van der Waals surface area contributed by atoms with Crippen molar-refractivity contribution in [2.75, 3.05) is 4.90 Å². The number of para-hydroxylation sites is 2. The molecule has 208 valence electrons. The van der Waals surface area contributed by atoms with Crippen molar-refractivity contribution in [2.24, 2.45) is 0 Å². The van der Waals surface area contributed by atoms with Crippen LogP contribution in [0, 0.1) is 0 Å². The van der Waals surface area contributed by atoms with E-state index in [0.717, 1.165) is 27.1 Å². The number of hydrogen-bond acceptors (Lipinski definition) is 5. The lowest BCUT2D eigenvalue weighted by atomic mass is 9.89. The molecule has 0 aliphatic carbocycles. The first-order chi connectivity index (χ1) is 19.7. The van der Waals surface area contributed by atoms with Crippen molar-refractivity contribution in [1.29, 1.82) is 0 Å². The summed E-state index contributed by atoms with van der Waals surface area (Å²) in [7, 11) is 0. The van der Waals surface area contributed by atoms with Gasteiger partial charge in [0.25, 0.3) is 11.8 Å². The number of anilines is 1. The van der Waals surface area contributed by atoms with E-state index < -0.39 is 48.0 Å². The van der Waals surface area contributed by atoms with Crippen molar-refractivity contribution in [3.63, 3.8) is 0 Å². The van der Waals surface area contributed by atoms with Gasteiger partial charge in [-0.05, 0) is 48.4 Å². The van der Waals surface area contributed by atoms with Gasteiger partial charge in [-0.1, -0.05) is 54.1 Å². The molecule has 2 unspecified atom stereocenters. The molecular weight excluding hydrogens is 548 g/mol. The summed E-state index contributed by atoms with van der Waals surface area (Å²) >= 11 is 6.35. The molecule has 0 saturated carbocycles. The minimum atomic E-state index is -1.59. The normalized spacial score (nSPS) is 19.6. The second-order valence-electron chi connectivity index (χ2n) is 10.2. The molecule has 4 N–H and O–H groups in total. The molecule has 1 saturated heterocycles. The number of fused-ring (bicyclic) bond motifs is 4. The Labute approximate surface area is 239 Å². The molecule has 41 heavy (non-hydrogen) atoms. The summed E-state index contributed by atoms with van der Waals surface area (Å²) in [5.41, 5.74) is 3.23. The number of H-pyrrole nitrogens is 1. The largest absolute Gasteiger partial charge is 0.480 e. The molecule has 2 aliphatic rings. The van der Waals surface area contributed by atoms with Crippen LogP contribution in [0.25, 0.3) is 10.9 Å². The number of imide groups is 1. The number of urea groups is 1. The summed E-state index contributed by atoms with van der Waals surface area (Å²) in [6.45, 7) is 1.24. The number of nitrogens with zero attached hydrogens (tertiary/aromatic N) is 2. The molecule has 4 amide bonds. The Hall–Kier alpha value is -4.67. The van der Waals surface area contributed by atoms with Crippen molar-refractivity contribution in [3.05, 3.63) is 100 Å². The maximum absolute atomic E-state index is 14.2. The van der Waals surface area contributed by atoms with Gasteiger partial charge in [-0.2, -0.15) is 0 Å². The fourth-order valence-corrected chi connectivity index (χ4v) is 5.99. The summed E-state index contributed by atoms with van der Waals surface area (Å²) in [6, 6.07) is 17.1. The Morgan fingerprint density at radius 1 is 1.05 bits per heavy atom. The number of aromatic amines is 1. The molecule has 1 fully saturated rings. The number of benzene rings is 3. The van der Waals surface area contributed by atoms with Gasteiger partial charge in [-0.15, -0.1) is 0 Å². The lowest BCUT2D eigenvalue weighted by Crippen LogP contribution is -2.48. The third kappa shape index (κ3) is 4.32. The Morgan fingerprint density at radius 2 is 1.78 bits per heavy atom. The number of carbonyl (C=O) groups excluding carboxylic acids is 3. The minimum Gasteiger partial charge on any atom is -0.480 e. The highest BCUT2D eigenvalue weighted by Crippen LogP contribution is 2.45. The highest BCUT2D eigenvalue weighted by molar-refractivity contribution is 6.30. The van der Waals surface area contributed by atoms with Gasteiger partial charge < -0.3 is 20.5 Å². The number of hydrogen-bond donors (Lipinski definition) is 4. The van der Waals surface area contributed by atoms with Crippen LogP contribution in [0.15, 0.2) is 72.8 Å². The average molecular weight is 573 g/mol. The average Bonchev–Trinajstić information content (AvgIpc) is 3.44. The number of aliphatic carboxylic acids is 1. The Bertz CT molecular complexity index is 1730. The monoisotopic (exact) mass is 572 g/mol. The Balaban J connectivity index is 1.45. The summed E-state index contributed by atoms with van der Waals surface area (Å²) in [6.07, 6.45) is -1.12. The number of aromatic nitrogens is 1. The summed E-state index contributed by atoms with van der Waals surface area (Å²) < 4.78 is 0. The predicted octanol–water partition coefficient (Wildman–Crippen LogP) is 3.87. The van der Waals surface area contributed by atoms with Crippen LogP contribution in [-0.2, 0) is 16.0 Å². The Morgan fingerprint density at radius 3 is 2.51 bits per heavy atom. The van der Waals surface area contributed by atoms with Gasteiger partial charge in [0.2, 0.25) is 0 Å². The van der Waals surface area contributed by atoms with Crippen molar-refractivity contribution < 1.29 is 29.4 Å². The number of aliphatic hydroxyl groups is 1. The third-order valence-corrected chi connectivity index (χ3v) is 7.87. The van der Waals surface area contributed by atoms with Crippen LogP contribution in [0.5, 0.6) is 0 Å². The quantitative estimate of drug-likeness (QED) is 0.258. The number of rotatable bonds is 6.